The van der Waals surface area contributed by atoms with Crippen molar-refractivity contribution in [3.05, 3.63) is 188 Å². The fourth-order valence-electron chi connectivity index (χ4n) is 8.07. The van der Waals surface area contributed by atoms with Crippen LogP contribution in [0.25, 0.3) is 82.4 Å². The number of oxazole rings is 1. The predicted octanol–water partition coefficient (Wildman–Crippen LogP) is 13.5. The maximum atomic E-state index is 6.65. The molecule has 0 atom stereocenters. The van der Waals surface area contributed by atoms with E-state index in [2.05, 4.69) is 161 Å². The average molecular weight is 678 g/mol. The second-order valence-corrected chi connectivity index (χ2v) is 13.6. The van der Waals surface area contributed by atoms with Gasteiger partial charge in [-0.3, -0.25) is 0 Å². The summed E-state index contributed by atoms with van der Waals surface area (Å²) in [6.07, 6.45) is 0. The zero-order chi connectivity index (χ0) is 34.9. The summed E-state index contributed by atoms with van der Waals surface area (Å²) in [6, 6.07) is 66.9. The van der Waals surface area contributed by atoms with Gasteiger partial charge in [-0.15, -0.1) is 0 Å². The quantitative estimate of drug-likeness (QED) is 0.170. The van der Waals surface area contributed by atoms with Gasteiger partial charge in [-0.25, -0.2) is 4.98 Å². The Morgan fingerprint density at radius 3 is 1.96 bits per heavy atom. The van der Waals surface area contributed by atoms with E-state index in [1.165, 1.54) is 48.7 Å². The van der Waals surface area contributed by atoms with Crippen molar-refractivity contribution in [1.29, 1.82) is 0 Å². The van der Waals surface area contributed by atoms with Crippen molar-refractivity contribution in [3.63, 3.8) is 0 Å². The van der Waals surface area contributed by atoms with Crippen molar-refractivity contribution in [1.82, 2.24) is 9.55 Å². The van der Waals surface area contributed by atoms with Crippen molar-refractivity contribution >= 4 is 82.3 Å². The van der Waals surface area contributed by atoms with E-state index in [9.17, 15) is 0 Å². The first kappa shape index (κ1) is 29.5. The van der Waals surface area contributed by atoms with Crippen molar-refractivity contribution < 1.29 is 4.42 Å². The van der Waals surface area contributed by atoms with Gasteiger partial charge in [0.2, 0.25) is 5.89 Å². The minimum atomic E-state index is 0.605. The highest BCUT2D eigenvalue weighted by molar-refractivity contribution is 6.14. The van der Waals surface area contributed by atoms with E-state index < -0.39 is 0 Å². The lowest BCUT2D eigenvalue weighted by Gasteiger charge is -2.26. The van der Waals surface area contributed by atoms with E-state index in [1.54, 1.807) is 0 Å². The number of hydrogen-bond donors (Lipinski definition) is 0. The molecule has 0 radical (unpaired) electrons. The van der Waals surface area contributed by atoms with Gasteiger partial charge in [0.1, 0.15) is 5.52 Å². The molecule has 4 heteroatoms. The third-order valence-electron chi connectivity index (χ3n) is 10.5. The molecule has 11 rings (SSSR count). The van der Waals surface area contributed by atoms with E-state index in [-0.39, 0.29) is 0 Å². The Kier molecular flexibility index (Phi) is 6.52. The molecule has 0 aliphatic heterocycles. The van der Waals surface area contributed by atoms with E-state index in [1.807, 2.05) is 36.4 Å². The number of para-hydroxylation sites is 3. The van der Waals surface area contributed by atoms with Gasteiger partial charge in [0.15, 0.2) is 5.58 Å². The highest BCUT2D eigenvalue weighted by atomic mass is 16.3. The summed E-state index contributed by atoms with van der Waals surface area (Å²) in [5, 5.41) is 9.65. The highest BCUT2D eigenvalue weighted by Crippen LogP contribution is 2.43. The Bertz CT molecular complexity index is 3180. The van der Waals surface area contributed by atoms with Gasteiger partial charge in [0.25, 0.3) is 0 Å². The third kappa shape index (κ3) is 4.73. The molecule has 11 aromatic rings. The lowest BCUT2D eigenvalue weighted by molar-refractivity contribution is 0.620. The van der Waals surface area contributed by atoms with Gasteiger partial charge in [0.05, 0.1) is 16.7 Å². The van der Waals surface area contributed by atoms with Crippen LogP contribution in [-0.2, 0) is 0 Å². The van der Waals surface area contributed by atoms with Crippen LogP contribution in [0.2, 0.25) is 0 Å². The van der Waals surface area contributed by atoms with Gasteiger partial charge in [-0.1, -0.05) is 109 Å². The molecule has 0 aliphatic rings. The van der Waals surface area contributed by atoms with E-state index in [4.69, 9.17) is 9.40 Å². The highest BCUT2D eigenvalue weighted by Gasteiger charge is 2.21. The summed E-state index contributed by atoms with van der Waals surface area (Å²) < 4.78 is 9.02. The van der Waals surface area contributed by atoms with Crippen LogP contribution >= 0.6 is 0 Å². The molecule has 0 bridgehead atoms. The molecule has 4 nitrogen and oxygen atoms in total. The Labute approximate surface area is 305 Å². The van der Waals surface area contributed by atoms with Crippen LogP contribution in [0, 0.1) is 0 Å². The SMILES string of the molecule is c1ccc(-c2nc3cccc(N(c4ccc5cc6c(cc5c4)c4ccccc4n6-c4ccccc4)c4ccc5ccc6ccccc6c5c4)c3o2)cc1. The Morgan fingerprint density at radius 2 is 1.11 bits per heavy atom. The predicted molar refractivity (Wildman–Crippen MR) is 221 cm³/mol. The molecular weight excluding hydrogens is 647 g/mol. The molecule has 2 aromatic heterocycles. The second kappa shape index (κ2) is 11.7. The van der Waals surface area contributed by atoms with Crippen molar-refractivity contribution in [2.75, 3.05) is 4.90 Å². The molecule has 0 unspecified atom stereocenters. The minimum Gasteiger partial charge on any atom is -0.434 e. The second-order valence-electron chi connectivity index (χ2n) is 13.6. The fraction of sp³-hybridized carbons (Fsp3) is 0. The first-order chi connectivity index (χ1) is 26.3. The summed E-state index contributed by atoms with van der Waals surface area (Å²) in [7, 11) is 0. The Hall–Kier alpha value is -7.17. The van der Waals surface area contributed by atoms with E-state index >= 15 is 0 Å². The zero-order valence-electron chi connectivity index (χ0n) is 28.6. The third-order valence-corrected chi connectivity index (χ3v) is 10.5. The minimum absolute atomic E-state index is 0.605. The van der Waals surface area contributed by atoms with Gasteiger partial charge >= 0.3 is 0 Å². The standard InChI is InChI=1S/C49H31N3O/c1-3-13-34(14-4-1)49-50-44-19-11-21-46(48(44)53-49)51(39-26-24-33-23-22-32-12-7-8-17-40(32)42(33)31-39)38-27-25-35-30-47-43(29-36(35)28-38)41-18-9-10-20-45(41)52(47)37-15-5-2-6-16-37/h1-31H. The molecule has 2 heterocycles. The molecule has 53 heavy (non-hydrogen) atoms. The molecule has 0 saturated carbocycles. The van der Waals surface area contributed by atoms with Crippen LogP contribution < -0.4 is 4.90 Å². The molecule has 0 aliphatic carbocycles. The molecule has 0 fully saturated rings. The molecule has 0 N–H and O–H groups in total. The van der Waals surface area contributed by atoms with Crippen molar-refractivity contribution in [3.8, 4) is 17.1 Å². The number of rotatable bonds is 5. The maximum absolute atomic E-state index is 6.65. The van der Waals surface area contributed by atoms with Gasteiger partial charge in [0, 0.05) is 33.4 Å². The van der Waals surface area contributed by atoms with Gasteiger partial charge in [-0.05, 0) is 111 Å². The summed E-state index contributed by atoms with van der Waals surface area (Å²) in [5.41, 5.74) is 9.05. The topological polar surface area (TPSA) is 34.2 Å². The normalized spacial score (nSPS) is 11.8. The molecule has 0 saturated heterocycles. The Morgan fingerprint density at radius 1 is 0.434 bits per heavy atom. The molecule has 9 aromatic carbocycles. The van der Waals surface area contributed by atoms with Crippen LogP contribution in [0.1, 0.15) is 0 Å². The summed E-state index contributed by atoms with van der Waals surface area (Å²) >= 11 is 0. The van der Waals surface area contributed by atoms with Crippen LogP contribution in [0.15, 0.2) is 192 Å². The van der Waals surface area contributed by atoms with Gasteiger partial charge in [-0.2, -0.15) is 0 Å². The van der Waals surface area contributed by atoms with Crippen molar-refractivity contribution in [2.45, 2.75) is 0 Å². The number of fused-ring (bicyclic) bond motifs is 8. The number of hydrogen-bond acceptors (Lipinski definition) is 3. The molecular formula is C49H31N3O. The fourth-order valence-corrected chi connectivity index (χ4v) is 8.07. The van der Waals surface area contributed by atoms with Crippen LogP contribution in [0.5, 0.6) is 0 Å². The molecule has 0 spiro atoms. The van der Waals surface area contributed by atoms with Crippen LogP contribution in [0.3, 0.4) is 0 Å². The van der Waals surface area contributed by atoms with Crippen molar-refractivity contribution in [2.24, 2.45) is 0 Å². The largest absolute Gasteiger partial charge is 0.434 e. The number of anilines is 3. The zero-order valence-corrected chi connectivity index (χ0v) is 28.6. The number of aromatic nitrogens is 2. The van der Waals surface area contributed by atoms with E-state index in [0.717, 1.165) is 44.8 Å². The summed E-state index contributed by atoms with van der Waals surface area (Å²) in [5.74, 6) is 0.605. The average Bonchev–Trinajstić information content (AvgIpc) is 3.81. The van der Waals surface area contributed by atoms with Crippen LogP contribution in [-0.4, -0.2) is 9.55 Å². The lowest BCUT2D eigenvalue weighted by atomic mass is 10.0. The number of benzene rings is 9. The maximum Gasteiger partial charge on any atom is 0.227 e. The molecule has 0 amide bonds. The summed E-state index contributed by atoms with van der Waals surface area (Å²) in [6.45, 7) is 0. The first-order valence-electron chi connectivity index (χ1n) is 18.0. The van der Waals surface area contributed by atoms with Crippen LogP contribution in [0.4, 0.5) is 17.1 Å². The Balaban J connectivity index is 1.16. The molecule has 248 valence electrons. The lowest BCUT2D eigenvalue weighted by Crippen LogP contribution is -2.10. The number of nitrogens with zero attached hydrogens (tertiary/aromatic N) is 3. The first-order valence-corrected chi connectivity index (χ1v) is 18.0. The smallest absolute Gasteiger partial charge is 0.227 e. The van der Waals surface area contributed by atoms with E-state index in [0.29, 0.717) is 5.89 Å². The van der Waals surface area contributed by atoms with Gasteiger partial charge < -0.3 is 13.9 Å². The summed E-state index contributed by atoms with van der Waals surface area (Å²) in [4.78, 5) is 7.27. The monoisotopic (exact) mass is 677 g/mol.